The van der Waals surface area contributed by atoms with E-state index in [2.05, 4.69) is 0 Å². The van der Waals surface area contributed by atoms with Gasteiger partial charge in [0.2, 0.25) is 0 Å². The monoisotopic (exact) mass is 150 g/mol. The van der Waals surface area contributed by atoms with E-state index in [1.165, 1.54) is 0 Å². The van der Waals surface area contributed by atoms with Crippen molar-refractivity contribution in [1.29, 1.82) is 0 Å². The molecular weight excluding hydrogens is 145 g/mol. The van der Waals surface area contributed by atoms with Crippen LogP contribution in [0.1, 0.15) is 0 Å². The summed E-state index contributed by atoms with van der Waals surface area (Å²) in [6.45, 7) is 1.76. The van der Waals surface area contributed by atoms with Crippen LogP contribution in [0.5, 0.6) is 0 Å². The van der Waals surface area contributed by atoms with Crippen LogP contribution in [0.15, 0.2) is 0 Å². The summed E-state index contributed by atoms with van der Waals surface area (Å²) in [6.07, 6.45) is 0. The quantitative estimate of drug-likeness (QED) is 0.456. The van der Waals surface area contributed by atoms with E-state index in [1.807, 2.05) is 0 Å². The van der Waals surface area contributed by atoms with Crippen molar-refractivity contribution in [3.8, 4) is 0 Å². The van der Waals surface area contributed by atoms with Gasteiger partial charge in [0, 0.05) is 32.7 Å². The molecule has 0 atom stereocenters. The summed E-state index contributed by atoms with van der Waals surface area (Å²) in [6, 6.07) is 0. The van der Waals surface area contributed by atoms with Gasteiger partial charge >= 0.3 is 0 Å². The molecule has 4 heavy (non-hydrogen) atoms. The molecule has 0 aromatic rings. The second-order valence-electron chi connectivity index (χ2n) is 0.258. The average molecular weight is 150 g/mol. The van der Waals surface area contributed by atoms with Gasteiger partial charge in [-0.05, 0) is 6.55 Å². The van der Waals surface area contributed by atoms with Gasteiger partial charge in [-0.3, -0.25) is 0 Å². The molecule has 3 heteroatoms. The van der Waals surface area contributed by atoms with Crippen LogP contribution in [-0.4, -0.2) is 14.6 Å². The van der Waals surface area contributed by atoms with Crippen molar-refractivity contribution in [3.05, 3.63) is 0 Å². The fraction of sp³-hybridized carbons (Fsp3) is 1.00. The molecule has 22 valence electrons. The zero-order chi connectivity index (χ0) is 2.71. The summed E-state index contributed by atoms with van der Waals surface area (Å²) in [4.78, 5) is 7.65. The Morgan fingerprint density at radius 1 is 1.75 bits per heavy atom. The first-order valence-electron chi connectivity index (χ1n) is 0.836. The molecule has 0 heterocycles. The van der Waals surface area contributed by atoms with Gasteiger partial charge in [-0.25, -0.2) is 0 Å². The summed E-state index contributed by atoms with van der Waals surface area (Å²) in [5, 5.41) is 0. The van der Waals surface area contributed by atoms with E-state index in [9.17, 15) is 0 Å². The minimum absolute atomic E-state index is 0. The molecule has 0 amide bonds. The molecule has 0 saturated carbocycles. The first kappa shape index (κ1) is 8.99. The van der Waals surface area contributed by atoms with Crippen LogP contribution in [0, 0.1) is 0 Å². The smallest absolute Gasteiger partial charge is 0.184 e. The van der Waals surface area contributed by atoms with Crippen LogP contribution in [0.3, 0.4) is 0 Å². The molecule has 0 bridgehead atoms. The average Bonchev–Trinajstić information content (AvgIpc) is 0.918. The zero-order valence-electron chi connectivity index (χ0n) is 2.60. The molecule has 1 N–H and O–H groups in total. The van der Waals surface area contributed by atoms with E-state index in [4.69, 9.17) is 4.80 Å². The molecule has 0 aliphatic carbocycles. The summed E-state index contributed by atoms with van der Waals surface area (Å²) < 4.78 is 0. The maximum absolute atomic E-state index is 7.65. The molecule has 0 aromatic carbocycles. The molecule has 0 spiro atoms. The molecule has 0 aromatic heterocycles. The third kappa shape index (κ3) is 10.4. The first-order chi connectivity index (χ1) is 1.41. The van der Waals surface area contributed by atoms with Crippen LogP contribution in [0.25, 0.3) is 0 Å². The standard InChI is InChI=1S/CH5OSi.Y/c1-3-2;/h2-3H,1H3;. The molecule has 2 radical (unpaired) electrons. The van der Waals surface area contributed by atoms with Gasteiger partial charge in [-0.1, -0.05) is 0 Å². The van der Waals surface area contributed by atoms with Crippen molar-refractivity contribution in [2.75, 3.05) is 0 Å². The minimum Gasteiger partial charge on any atom is -0.435 e. The molecular formula is CH5OSiY. The number of hydrogen-bond acceptors (Lipinski definition) is 1. The Hall–Kier alpha value is 1.28. The van der Waals surface area contributed by atoms with Crippen molar-refractivity contribution in [1.82, 2.24) is 0 Å². The van der Waals surface area contributed by atoms with E-state index >= 15 is 0 Å². The van der Waals surface area contributed by atoms with Gasteiger partial charge in [0.15, 0.2) is 9.76 Å². The largest absolute Gasteiger partial charge is 0.435 e. The molecule has 0 saturated heterocycles. The van der Waals surface area contributed by atoms with Gasteiger partial charge in [-0.15, -0.1) is 0 Å². The maximum Gasteiger partial charge on any atom is 0.184 e. The Balaban J connectivity index is 0. The predicted molar refractivity (Wildman–Crippen MR) is 15.2 cm³/mol. The second kappa shape index (κ2) is 8.86. The third-order valence-corrected chi connectivity index (χ3v) is 0. The maximum atomic E-state index is 7.65. The number of rotatable bonds is 0. The van der Waals surface area contributed by atoms with E-state index in [0.717, 1.165) is 0 Å². The normalized spacial score (nSPS) is 4.50. The summed E-state index contributed by atoms with van der Waals surface area (Å²) in [5.74, 6) is 0. The van der Waals surface area contributed by atoms with Crippen molar-refractivity contribution in [2.45, 2.75) is 6.55 Å². The molecule has 0 unspecified atom stereocenters. The fourth-order valence-electron chi connectivity index (χ4n) is 0. The molecule has 0 aliphatic rings. The van der Waals surface area contributed by atoms with Crippen molar-refractivity contribution in [2.24, 2.45) is 0 Å². The first-order valence-corrected chi connectivity index (χ1v) is 2.51. The van der Waals surface area contributed by atoms with Gasteiger partial charge in [-0.2, -0.15) is 0 Å². The Kier molecular flexibility index (Phi) is 19.9. The molecule has 0 aliphatic heterocycles. The zero-order valence-corrected chi connectivity index (χ0v) is 6.59. The van der Waals surface area contributed by atoms with Crippen LogP contribution in [0.2, 0.25) is 6.55 Å². The summed E-state index contributed by atoms with van der Waals surface area (Å²) in [7, 11) is -0.250. The van der Waals surface area contributed by atoms with Crippen molar-refractivity contribution >= 4 is 9.76 Å². The second-order valence-corrected chi connectivity index (χ2v) is 0.775. The van der Waals surface area contributed by atoms with E-state index in [1.54, 1.807) is 6.55 Å². The summed E-state index contributed by atoms with van der Waals surface area (Å²) in [5.41, 5.74) is 0. The fourth-order valence-corrected chi connectivity index (χ4v) is 0. The van der Waals surface area contributed by atoms with Crippen molar-refractivity contribution < 1.29 is 37.5 Å². The van der Waals surface area contributed by atoms with E-state index < -0.39 is 0 Å². The van der Waals surface area contributed by atoms with Crippen LogP contribution < -0.4 is 0 Å². The predicted octanol–water partition coefficient (Wildman–Crippen LogP) is -0.624. The van der Waals surface area contributed by atoms with Gasteiger partial charge < -0.3 is 4.80 Å². The molecule has 1 nitrogen and oxygen atoms in total. The Labute approximate surface area is 53.6 Å². The molecule has 0 fully saturated rings. The SMILES string of the molecule is C[SiH]O.[Y]. The Morgan fingerprint density at radius 2 is 1.75 bits per heavy atom. The Morgan fingerprint density at radius 3 is 1.75 bits per heavy atom. The van der Waals surface area contributed by atoms with Gasteiger partial charge in [0.1, 0.15) is 0 Å². The third-order valence-electron chi connectivity index (χ3n) is 0. The summed E-state index contributed by atoms with van der Waals surface area (Å²) >= 11 is 0. The minimum atomic E-state index is -0.250. The van der Waals surface area contributed by atoms with Crippen LogP contribution in [0.4, 0.5) is 0 Å². The van der Waals surface area contributed by atoms with Crippen LogP contribution in [-0.2, 0) is 32.7 Å². The molecule has 0 rings (SSSR count). The van der Waals surface area contributed by atoms with Gasteiger partial charge in [0.25, 0.3) is 0 Å². The Bertz CT molecular complexity index is 8.00. The van der Waals surface area contributed by atoms with Crippen molar-refractivity contribution in [3.63, 3.8) is 0 Å². The van der Waals surface area contributed by atoms with Crippen LogP contribution >= 0.6 is 0 Å². The number of hydrogen-bond donors (Lipinski definition) is 1. The van der Waals surface area contributed by atoms with E-state index in [0.29, 0.717) is 0 Å². The van der Waals surface area contributed by atoms with E-state index in [-0.39, 0.29) is 42.5 Å². The topological polar surface area (TPSA) is 20.2 Å². The van der Waals surface area contributed by atoms with Gasteiger partial charge in [0.05, 0.1) is 0 Å².